The number of para-hydroxylation sites is 2. The van der Waals surface area contributed by atoms with E-state index in [-0.39, 0.29) is 0 Å². The Morgan fingerprint density at radius 3 is 1.43 bits per heavy atom. The van der Waals surface area contributed by atoms with E-state index in [2.05, 4.69) is 48.5 Å². The highest BCUT2D eigenvalue weighted by atomic mass is 32.2. The highest BCUT2D eigenvalue weighted by Crippen LogP contribution is 2.26. The molecular formula is C22H28O2S4. The molecule has 0 saturated carbocycles. The van der Waals surface area contributed by atoms with Gasteiger partial charge in [-0.2, -0.15) is 47.0 Å². The molecule has 6 heteroatoms. The maximum Gasteiger partial charge on any atom is 0.123 e. The largest absolute Gasteiger partial charge is 0.492 e. The molecule has 28 heavy (non-hydrogen) atoms. The van der Waals surface area contributed by atoms with Crippen molar-refractivity contribution in [2.24, 2.45) is 0 Å². The van der Waals surface area contributed by atoms with Gasteiger partial charge in [-0.3, -0.25) is 0 Å². The number of ether oxygens (including phenoxy) is 2. The van der Waals surface area contributed by atoms with Gasteiger partial charge >= 0.3 is 0 Å². The lowest BCUT2D eigenvalue weighted by molar-refractivity contribution is 0.341. The van der Waals surface area contributed by atoms with Gasteiger partial charge in [-0.1, -0.05) is 36.4 Å². The molecule has 0 bridgehead atoms. The lowest BCUT2D eigenvalue weighted by atomic mass is 10.2. The van der Waals surface area contributed by atoms with Gasteiger partial charge in [-0.05, 0) is 12.1 Å². The van der Waals surface area contributed by atoms with Crippen LogP contribution in [0.2, 0.25) is 0 Å². The zero-order valence-electron chi connectivity index (χ0n) is 16.1. The van der Waals surface area contributed by atoms with Gasteiger partial charge < -0.3 is 9.47 Å². The van der Waals surface area contributed by atoms with Gasteiger partial charge in [-0.25, -0.2) is 0 Å². The molecule has 1 aliphatic rings. The average molecular weight is 453 g/mol. The Balaban J connectivity index is 1.54. The second kappa shape index (κ2) is 13.6. The van der Waals surface area contributed by atoms with E-state index >= 15 is 0 Å². The third-order valence-electron chi connectivity index (χ3n) is 4.17. The van der Waals surface area contributed by atoms with Crippen molar-refractivity contribution >= 4 is 47.0 Å². The van der Waals surface area contributed by atoms with Crippen molar-refractivity contribution in [3.05, 3.63) is 59.7 Å². The van der Waals surface area contributed by atoms with E-state index in [4.69, 9.17) is 9.47 Å². The van der Waals surface area contributed by atoms with E-state index in [1.54, 1.807) is 0 Å². The second-order valence-corrected chi connectivity index (χ2v) is 10.9. The minimum atomic E-state index is 0.784. The molecule has 0 radical (unpaired) electrons. The molecule has 0 atom stereocenters. The van der Waals surface area contributed by atoms with Crippen LogP contribution < -0.4 is 9.47 Å². The van der Waals surface area contributed by atoms with Crippen LogP contribution in [0.4, 0.5) is 0 Å². The minimum absolute atomic E-state index is 0.784. The van der Waals surface area contributed by atoms with Gasteiger partial charge in [0.05, 0.1) is 13.2 Å². The smallest absolute Gasteiger partial charge is 0.123 e. The van der Waals surface area contributed by atoms with Gasteiger partial charge in [0.2, 0.25) is 0 Å². The zero-order chi connectivity index (χ0) is 19.3. The Morgan fingerprint density at radius 1 is 0.500 bits per heavy atom. The Hall–Kier alpha value is -0.560. The molecule has 1 heterocycles. The maximum atomic E-state index is 6.04. The SMILES string of the molecule is c1ccc2c(c1)CSCCSCc1ccccc1OCCSCCSCCO2. The summed E-state index contributed by atoms with van der Waals surface area (Å²) in [5.41, 5.74) is 2.62. The number of benzene rings is 2. The summed E-state index contributed by atoms with van der Waals surface area (Å²) in [6, 6.07) is 17.0. The van der Waals surface area contributed by atoms with Gasteiger partial charge in [-0.15, -0.1) is 0 Å². The molecular weight excluding hydrogens is 425 g/mol. The molecule has 3 rings (SSSR count). The molecule has 0 aliphatic carbocycles. The van der Waals surface area contributed by atoms with E-state index in [1.807, 2.05) is 47.0 Å². The van der Waals surface area contributed by atoms with E-state index in [1.165, 1.54) is 22.6 Å². The first-order chi connectivity index (χ1) is 13.9. The fourth-order valence-corrected chi connectivity index (χ4v) is 6.65. The maximum absolute atomic E-state index is 6.04. The summed E-state index contributed by atoms with van der Waals surface area (Å²) < 4.78 is 12.1. The summed E-state index contributed by atoms with van der Waals surface area (Å²) in [4.78, 5) is 0. The lowest BCUT2D eigenvalue weighted by Gasteiger charge is -2.13. The Bertz CT molecular complexity index is 636. The molecule has 0 N–H and O–H groups in total. The molecule has 152 valence electrons. The fraction of sp³-hybridized carbons (Fsp3) is 0.455. The number of rotatable bonds is 0. The van der Waals surface area contributed by atoms with Crippen LogP contribution in [0, 0.1) is 0 Å². The zero-order valence-corrected chi connectivity index (χ0v) is 19.4. The molecule has 2 aromatic carbocycles. The second-order valence-electron chi connectivity index (χ2n) is 6.24. The van der Waals surface area contributed by atoms with E-state index in [0.29, 0.717) is 0 Å². The summed E-state index contributed by atoms with van der Waals surface area (Å²) in [6.07, 6.45) is 0. The monoisotopic (exact) mass is 452 g/mol. The molecule has 0 amide bonds. The molecule has 0 unspecified atom stereocenters. The predicted molar refractivity (Wildman–Crippen MR) is 131 cm³/mol. The molecule has 0 saturated heterocycles. The first-order valence-corrected chi connectivity index (χ1v) is 14.3. The van der Waals surface area contributed by atoms with Crippen molar-refractivity contribution in [3.63, 3.8) is 0 Å². The summed E-state index contributed by atoms with van der Waals surface area (Å²) in [5.74, 6) is 10.8. The Labute approximate surface area is 186 Å². The first kappa shape index (κ1) is 22.1. The van der Waals surface area contributed by atoms with Crippen LogP contribution in [0.25, 0.3) is 0 Å². The summed E-state index contributed by atoms with van der Waals surface area (Å²) in [7, 11) is 0. The van der Waals surface area contributed by atoms with Crippen molar-refractivity contribution in [2.75, 3.05) is 47.7 Å². The summed E-state index contributed by atoms with van der Waals surface area (Å²) in [6.45, 7) is 1.57. The minimum Gasteiger partial charge on any atom is -0.492 e. The molecule has 0 aromatic heterocycles. The Morgan fingerprint density at radius 2 is 0.929 bits per heavy atom. The van der Waals surface area contributed by atoms with Crippen molar-refractivity contribution in [1.82, 2.24) is 0 Å². The molecule has 2 aromatic rings. The van der Waals surface area contributed by atoms with Crippen LogP contribution in [0.3, 0.4) is 0 Å². The van der Waals surface area contributed by atoms with Crippen molar-refractivity contribution in [2.45, 2.75) is 11.5 Å². The van der Waals surface area contributed by atoms with Crippen LogP contribution in [-0.4, -0.2) is 47.7 Å². The summed E-state index contributed by atoms with van der Waals surface area (Å²) >= 11 is 7.92. The van der Waals surface area contributed by atoms with Crippen LogP contribution in [0.1, 0.15) is 11.1 Å². The topological polar surface area (TPSA) is 18.5 Å². The fourth-order valence-electron chi connectivity index (χ4n) is 2.75. The summed E-state index contributed by atoms with van der Waals surface area (Å²) in [5, 5.41) is 0. The highest BCUT2D eigenvalue weighted by molar-refractivity contribution is 8.03. The lowest BCUT2D eigenvalue weighted by Crippen LogP contribution is -2.05. The van der Waals surface area contributed by atoms with Crippen LogP contribution >= 0.6 is 47.0 Å². The Kier molecular flexibility index (Phi) is 10.8. The molecule has 0 spiro atoms. The first-order valence-electron chi connectivity index (χ1n) is 9.66. The van der Waals surface area contributed by atoms with E-state index in [0.717, 1.165) is 59.2 Å². The normalized spacial score (nSPS) is 18.0. The van der Waals surface area contributed by atoms with Gasteiger partial charge in [0, 0.05) is 57.1 Å². The number of fused-ring (bicyclic) bond motifs is 2. The third-order valence-corrected chi connectivity index (χ3v) is 8.60. The van der Waals surface area contributed by atoms with Crippen LogP contribution in [0.15, 0.2) is 48.5 Å². The molecule has 2 nitrogen and oxygen atoms in total. The number of hydrogen-bond donors (Lipinski definition) is 0. The van der Waals surface area contributed by atoms with Gasteiger partial charge in [0.15, 0.2) is 0 Å². The van der Waals surface area contributed by atoms with Crippen LogP contribution in [-0.2, 0) is 11.5 Å². The third kappa shape index (κ3) is 8.05. The van der Waals surface area contributed by atoms with E-state index < -0.39 is 0 Å². The quantitative estimate of drug-likeness (QED) is 0.478. The predicted octanol–water partition coefficient (Wildman–Crippen LogP) is 6.09. The van der Waals surface area contributed by atoms with E-state index in [9.17, 15) is 0 Å². The molecule has 0 fully saturated rings. The van der Waals surface area contributed by atoms with Crippen molar-refractivity contribution in [3.8, 4) is 11.5 Å². The van der Waals surface area contributed by atoms with Gasteiger partial charge in [0.25, 0.3) is 0 Å². The standard InChI is InChI=1S/C22H28O2S4/c1-3-7-21-19(5-1)17-27-15-16-28-18-20-6-2-4-8-22(20)24-10-12-26-14-13-25-11-9-23-21/h1-8H,9-18H2. The van der Waals surface area contributed by atoms with Crippen molar-refractivity contribution in [1.29, 1.82) is 0 Å². The number of thioether (sulfide) groups is 4. The molecule has 1 aliphatic heterocycles. The van der Waals surface area contributed by atoms with Crippen molar-refractivity contribution < 1.29 is 9.47 Å². The number of hydrogen-bond acceptors (Lipinski definition) is 6. The average Bonchev–Trinajstić information content (AvgIpc) is 2.73. The van der Waals surface area contributed by atoms with Gasteiger partial charge in [0.1, 0.15) is 11.5 Å². The van der Waals surface area contributed by atoms with Crippen LogP contribution in [0.5, 0.6) is 11.5 Å². The highest BCUT2D eigenvalue weighted by Gasteiger charge is 2.06.